The van der Waals surface area contributed by atoms with Crippen molar-refractivity contribution < 1.29 is 22.6 Å². The number of hydrogen-bond acceptors (Lipinski definition) is 7. The van der Waals surface area contributed by atoms with Crippen molar-refractivity contribution in [2.24, 2.45) is 0 Å². The molecule has 0 unspecified atom stereocenters. The fourth-order valence-electron chi connectivity index (χ4n) is 3.31. The number of likely N-dealkylation sites (N-methyl/N-ethyl adjacent to an activating group) is 1. The molecule has 0 atom stereocenters. The van der Waals surface area contributed by atoms with Gasteiger partial charge in [-0.1, -0.05) is 0 Å². The molecule has 0 amide bonds. The molecule has 1 saturated heterocycles. The maximum Gasteiger partial charge on any atom is 0.261 e. The number of hydrogen-bond donors (Lipinski definition) is 1. The minimum atomic E-state index is -3.77. The normalized spacial score (nSPS) is 16.3. The third-order valence-electron chi connectivity index (χ3n) is 4.93. The average molecular weight is 442 g/mol. The quantitative estimate of drug-likeness (QED) is 0.763. The van der Waals surface area contributed by atoms with Gasteiger partial charge in [0.05, 0.1) is 23.4 Å². The van der Waals surface area contributed by atoms with Gasteiger partial charge in [-0.15, -0.1) is 12.4 Å². The summed E-state index contributed by atoms with van der Waals surface area (Å²) in [6.07, 6.45) is 0. The Labute approximate surface area is 176 Å². The third-order valence-corrected chi connectivity index (χ3v) is 6.31. The van der Waals surface area contributed by atoms with Gasteiger partial charge >= 0.3 is 0 Å². The Hall–Kier alpha value is -2.36. The van der Waals surface area contributed by atoms with Crippen molar-refractivity contribution in [1.82, 2.24) is 4.90 Å². The molecule has 10 heteroatoms. The van der Waals surface area contributed by atoms with Crippen molar-refractivity contribution in [2.45, 2.75) is 4.90 Å². The van der Waals surface area contributed by atoms with Gasteiger partial charge in [-0.3, -0.25) is 4.72 Å². The number of fused-ring (bicyclic) bond motifs is 1. The van der Waals surface area contributed by atoms with Gasteiger partial charge in [-0.2, -0.15) is 0 Å². The van der Waals surface area contributed by atoms with Crippen LogP contribution in [-0.2, 0) is 10.0 Å². The van der Waals surface area contributed by atoms with Crippen molar-refractivity contribution in [1.29, 1.82) is 0 Å². The number of anilines is 2. The van der Waals surface area contributed by atoms with Gasteiger partial charge in [0.25, 0.3) is 10.0 Å². The molecule has 2 aliphatic rings. The number of piperazine rings is 1. The van der Waals surface area contributed by atoms with Gasteiger partial charge in [0.2, 0.25) is 6.79 Å². The first-order valence-electron chi connectivity index (χ1n) is 9.00. The van der Waals surface area contributed by atoms with Crippen LogP contribution in [0, 0.1) is 0 Å². The average Bonchev–Trinajstić information content (AvgIpc) is 3.15. The third kappa shape index (κ3) is 4.47. The molecule has 2 heterocycles. The zero-order valence-corrected chi connectivity index (χ0v) is 17.9. The van der Waals surface area contributed by atoms with Crippen molar-refractivity contribution >= 4 is 33.8 Å². The Kier molecular flexibility index (Phi) is 6.30. The van der Waals surface area contributed by atoms with Crippen LogP contribution in [-0.4, -0.2) is 60.4 Å². The highest BCUT2D eigenvalue weighted by molar-refractivity contribution is 7.92. The summed E-state index contributed by atoms with van der Waals surface area (Å²) in [6.45, 7) is 3.58. The molecule has 0 aliphatic carbocycles. The molecule has 0 saturated carbocycles. The summed E-state index contributed by atoms with van der Waals surface area (Å²) in [5.41, 5.74) is 1.20. The lowest BCUT2D eigenvalue weighted by Gasteiger charge is -2.34. The van der Waals surface area contributed by atoms with Gasteiger partial charge in [-0.25, -0.2) is 8.42 Å². The fourth-order valence-corrected chi connectivity index (χ4v) is 4.37. The molecule has 0 spiro atoms. The maximum absolute atomic E-state index is 12.9. The van der Waals surface area contributed by atoms with Gasteiger partial charge in [0.15, 0.2) is 11.5 Å². The number of ether oxygens (including phenoxy) is 3. The second-order valence-corrected chi connectivity index (χ2v) is 8.48. The van der Waals surface area contributed by atoms with E-state index in [1.807, 2.05) is 0 Å². The smallest absolute Gasteiger partial charge is 0.261 e. The van der Waals surface area contributed by atoms with Gasteiger partial charge in [0, 0.05) is 32.2 Å². The number of methoxy groups -OCH3 is 1. The number of rotatable bonds is 5. The van der Waals surface area contributed by atoms with Gasteiger partial charge in [-0.05, 0) is 37.4 Å². The maximum atomic E-state index is 12.9. The second-order valence-electron chi connectivity index (χ2n) is 6.80. The van der Waals surface area contributed by atoms with E-state index in [1.165, 1.54) is 0 Å². The van der Waals surface area contributed by atoms with Crippen LogP contribution >= 0.6 is 12.4 Å². The van der Waals surface area contributed by atoms with Crippen LogP contribution in [0.5, 0.6) is 17.2 Å². The lowest BCUT2D eigenvalue weighted by atomic mass is 10.2. The van der Waals surface area contributed by atoms with E-state index in [0.29, 0.717) is 22.9 Å². The summed E-state index contributed by atoms with van der Waals surface area (Å²) in [7, 11) is -0.101. The zero-order valence-electron chi connectivity index (χ0n) is 16.3. The lowest BCUT2D eigenvalue weighted by Crippen LogP contribution is -2.44. The van der Waals surface area contributed by atoms with Crippen LogP contribution in [0.25, 0.3) is 0 Å². The van der Waals surface area contributed by atoms with E-state index in [0.717, 1.165) is 31.9 Å². The standard InChI is InChI=1S/C19H23N3O5S.ClH/c1-21-7-9-22(10-8-21)16-12-15(4-6-17(16)25-2)28(23,24)20-14-3-5-18-19(11-14)27-13-26-18;/h3-6,11-12,20H,7-10,13H2,1-2H3;1H. The SMILES string of the molecule is COc1ccc(S(=O)(=O)Nc2ccc3c(c2)OCO3)cc1N1CCN(C)CC1.Cl. The Morgan fingerprint density at radius 3 is 2.45 bits per heavy atom. The molecule has 1 fully saturated rings. The molecule has 0 aromatic heterocycles. The molecule has 158 valence electrons. The lowest BCUT2D eigenvalue weighted by molar-refractivity contribution is 0.174. The summed E-state index contributed by atoms with van der Waals surface area (Å²) in [5.74, 6) is 1.78. The highest BCUT2D eigenvalue weighted by Crippen LogP contribution is 2.36. The minimum absolute atomic E-state index is 0. The Balaban J connectivity index is 0.00000240. The molecule has 4 rings (SSSR count). The molecule has 2 aliphatic heterocycles. The summed E-state index contributed by atoms with van der Waals surface area (Å²) in [6, 6.07) is 9.86. The number of benzene rings is 2. The first kappa shape index (κ1) is 21.4. The van der Waals surface area contributed by atoms with Crippen LogP contribution in [0.2, 0.25) is 0 Å². The minimum Gasteiger partial charge on any atom is -0.495 e. The summed E-state index contributed by atoms with van der Waals surface area (Å²) in [4.78, 5) is 4.57. The molecular weight excluding hydrogens is 418 g/mol. The van der Waals surface area contributed by atoms with E-state index >= 15 is 0 Å². The number of nitrogens with zero attached hydrogens (tertiary/aromatic N) is 2. The van der Waals surface area contributed by atoms with Crippen LogP contribution in [0.15, 0.2) is 41.3 Å². The molecular formula is C19H24ClN3O5S. The monoisotopic (exact) mass is 441 g/mol. The molecule has 8 nitrogen and oxygen atoms in total. The second kappa shape index (κ2) is 8.56. The summed E-state index contributed by atoms with van der Waals surface area (Å²) in [5, 5.41) is 0. The Morgan fingerprint density at radius 1 is 1.00 bits per heavy atom. The largest absolute Gasteiger partial charge is 0.495 e. The molecule has 2 aromatic rings. The van der Waals surface area contributed by atoms with Crippen molar-refractivity contribution in [3.63, 3.8) is 0 Å². The van der Waals surface area contributed by atoms with E-state index in [4.69, 9.17) is 14.2 Å². The van der Waals surface area contributed by atoms with Crippen LogP contribution in [0.4, 0.5) is 11.4 Å². The fraction of sp³-hybridized carbons (Fsp3) is 0.368. The van der Waals surface area contributed by atoms with Gasteiger partial charge < -0.3 is 24.0 Å². The number of nitrogens with one attached hydrogen (secondary N) is 1. The molecule has 0 radical (unpaired) electrons. The van der Waals surface area contributed by atoms with E-state index < -0.39 is 10.0 Å². The number of sulfonamides is 1. The zero-order chi connectivity index (χ0) is 19.7. The first-order valence-corrected chi connectivity index (χ1v) is 10.5. The molecule has 2 aromatic carbocycles. The van der Waals surface area contributed by atoms with Gasteiger partial charge in [0.1, 0.15) is 5.75 Å². The highest BCUT2D eigenvalue weighted by Gasteiger charge is 2.23. The van der Waals surface area contributed by atoms with E-state index in [-0.39, 0.29) is 24.1 Å². The van der Waals surface area contributed by atoms with Crippen LogP contribution < -0.4 is 23.8 Å². The summed E-state index contributed by atoms with van der Waals surface area (Å²) >= 11 is 0. The van der Waals surface area contributed by atoms with Crippen LogP contribution in [0.3, 0.4) is 0 Å². The highest BCUT2D eigenvalue weighted by atomic mass is 35.5. The van der Waals surface area contributed by atoms with Crippen molar-refractivity contribution in [3.05, 3.63) is 36.4 Å². The Morgan fingerprint density at radius 2 is 1.72 bits per heavy atom. The topological polar surface area (TPSA) is 80.3 Å². The van der Waals surface area contributed by atoms with E-state index in [9.17, 15) is 8.42 Å². The molecule has 0 bridgehead atoms. The molecule has 1 N–H and O–H groups in total. The van der Waals surface area contributed by atoms with Crippen molar-refractivity contribution in [2.75, 3.05) is 56.8 Å². The molecule has 29 heavy (non-hydrogen) atoms. The Bertz CT molecular complexity index is 978. The first-order chi connectivity index (χ1) is 13.5. The number of halogens is 1. The predicted octanol–water partition coefficient (Wildman–Crippen LogP) is 2.40. The van der Waals surface area contributed by atoms with E-state index in [2.05, 4.69) is 21.6 Å². The summed E-state index contributed by atoms with van der Waals surface area (Å²) < 4.78 is 44.5. The van der Waals surface area contributed by atoms with Crippen LogP contribution in [0.1, 0.15) is 0 Å². The van der Waals surface area contributed by atoms with E-state index in [1.54, 1.807) is 43.5 Å². The van der Waals surface area contributed by atoms with Crippen molar-refractivity contribution in [3.8, 4) is 17.2 Å². The predicted molar refractivity (Wildman–Crippen MR) is 113 cm³/mol.